The molecule has 0 atom stereocenters. The first-order chi connectivity index (χ1) is 19.9. The molecule has 4 heterocycles. The predicted octanol–water partition coefficient (Wildman–Crippen LogP) is 8.95. The molecule has 186 valence electrons. The van der Waals surface area contributed by atoms with Crippen molar-refractivity contribution in [2.75, 3.05) is 0 Å². The summed E-state index contributed by atoms with van der Waals surface area (Å²) in [6.45, 7) is 0. The summed E-state index contributed by atoms with van der Waals surface area (Å²) in [5, 5.41) is 6.05. The van der Waals surface area contributed by atoms with Gasteiger partial charge in [-0.05, 0) is 53.9 Å². The van der Waals surface area contributed by atoms with Crippen LogP contribution >= 0.6 is 0 Å². The molecule has 4 nitrogen and oxygen atoms in total. The fourth-order valence-electron chi connectivity index (χ4n) is 6.45. The van der Waals surface area contributed by atoms with Crippen molar-refractivity contribution in [3.8, 4) is 16.9 Å². The van der Waals surface area contributed by atoms with Crippen molar-refractivity contribution in [3.05, 3.63) is 134 Å². The van der Waals surface area contributed by atoms with E-state index in [0.717, 1.165) is 44.5 Å². The average molecular weight is 511 g/mol. The van der Waals surface area contributed by atoms with Crippen molar-refractivity contribution >= 4 is 60.2 Å². The standard InChI is InChI=1S/C36H22N4/c1-2-14-28-26(13-1)34-33(40-32-18-6-4-16-30(32)38-36(28)40)20-19-27-25-12-3-5-17-31(25)39(35(27)34)24-11-9-10-23(22-24)29-15-7-8-21-37-29/h1-22H. The van der Waals surface area contributed by atoms with Gasteiger partial charge in [0.05, 0.1) is 33.3 Å². The molecule has 0 bridgehead atoms. The highest BCUT2D eigenvalue weighted by molar-refractivity contribution is 6.27. The average Bonchev–Trinajstić information content (AvgIpc) is 3.58. The Balaban J connectivity index is 1.52. The van der Waals surface area contributed by atoms with Crippen LogP contribution in [0.3, 0.4) is 0 Å². The number of benzene rings is 5. The maximum Gasteiger partial charge on any atom is 0.146 e. The van der Waals surface area contributed by atoms with Gasteiger partial charge in [0.1, 0.15) is 5.65 Å². The van der Waals surface area contributed by atoms with Gasteiger partial charge in [0, 0.05) is 39.0 Å². The van der Waals surface area contributed by atoms with Crippen LogP contribution in [0.4, 0.5) is 0 Å². The van der Waals surface area contributed by atoms with E-state index in [1.165, 1.54) is 32.6 Å². The maximum atomic E-state index is 5.09. The minimum absolute atomic E-state index is 0.965. The molecule has 0 aliphatic carbocycles. The van der Waals surface area contributed by atoms with Crippen molar-refractivity contribution in [2.24, 2.45) is 0 Å². The Labute approximate surface area is 229 Å². The normalized spacial score (nSPS) is 12.0. The fraction of sp³-hybridized carbons (Fsp3) is 0. The Kier molecular flexibility index (Phi) is 4.30. The van der Waals surface area contributed by atoms with Gasteiger partial charge in [0.25, 0.3) is 0 Å². The van der Waals surface area contributed by atoms with E-state index in [0.29, 0.717) is 0 Å². The Morgan fingerprint density at radius 1 is 0.525 bits per heavy atom. The van der Waals surface area contributed by atoms with E-state index in [4.69, 9.17) is 4.98 Å². The van der Waals surface area contributed by atoms with Crippen LogP contribution in [0.1, 0.15) is 0 Å². The third-order valence-electron chi connectivity index (χ3n) is 8.12. The van der Waals surface area contributed by atoms with Crippen molar-refractivity contribution in [2.45, 2.75) is 0 Å². The molecule has 4 aromatic heterocycles. The molecule has 0 spiro atoms. The van der Waals surface area contributed by atoms with E-state index >= 15 is 0 Å². The molecule has 40 heavy (non-hydrogen) atoms. The van der Waals surface area contributed by atoms with Gasteiger partial charge in [-0.15, -0.1) is 0 Å². The third-order valence-corrected chi connectivity index (χ3v) is 8.12. The van der Waals surface area contributed by atoms with E-state index in [-0.39, 0.29) is 0 Å². The Bertz CT molecular complexity index is 2430. The van der Waals surface area contributed by atoms with E-state index < -0.39 is 0 Å². The first-order valence-corrected chi connectivity index (χ1v) is 13.5. The summed E-state index contributed by atoms with van der Waals surface area (Å²) in [5.41, 5.74) is 9.82. The lowest BCUT2D eigenvalue weighted by atomic mass is 10.0. The van der Waals surface area contributed by atoms with Crippen molar-refractivity contribution in [3.63, 3.8) is 0 Å². The first-order valence-electron chi connectivity index (χ1n) is 13.5. The number of para-hydroxylation sites is 3. The predicted molar refractivity (Wildman–Crippen MR) is 165 cm³/mol. The summed E-state index contributed by atoms with van der Waals surface area (Å²) in [4.78, 5) is 9.72. The minimum Gasteiger partial charge on any atom is -0.309 e. The fourth-order valence-corrected chi connectivity index (χ4v) is 6.45. The van der Waals surface area contributed by atoms with Gasteiger partial charge < -0.3 is 4.57 Å². The molecule has 9 aromatic rings. The minimum atomic E-state index is 0.965. The van der Waals surface area contributed by atoms with Gasteiger partial charge in [-0.1, -0.05) is 78.9 Å². The van der Waals surface area contributed by atoms with Crippen LogP contribution < -0.4 is 0 Å². The molecule has 0 N–H and O–H groups in total. The molecule has 4 heteroatoms. The second-order valence-electron chi connectivity index (χ2n) is 10.3. The molecule has 0 saturated heterocycles. The summed E-state index contributed by atoms with van der Waals surface area (Å²) < 4.78 is 4.76. The zero-order valence-corrected chi connectivity index (χ0v) is 21.5. The van der Waals surface area contributed by atoms with Crippen LogP contribution in [-0.2, 0) is 0 Å². The van der Waals surface area contributed by atoms with E-state index in [2.05, 4.69) is 129 Å². The van der Waals surface area contributed by atoms with Gasteiger partial charge in [-0.25, -0.2) is 4.98 Å². The molecule has 0 saturated carbocycles. The molecule has 0 fully saturated rings. The summed E-state index contributed by atoms with van der Waals surface area (Å²) in [6.07, 6.45) is 1.85. The Morgan fingerprint density at radius 2 is 1.30 bits per heavy atom. The lowest BCUT2D eigenvalue weighted by molar-refractivity contribution is 1.18. The smallest absolute Gasteiger partial charge is 0.146 e. The highest BCUT2D eigenvalue weighted by atomic mass is 15.0. The number of rotatable bonds is 2. The van der Waals surface area contributed by atoms with Gasteiger partial charge in [0.2, 0.25) is 0 Å². The van der Waals surface area contributed by atoms with Crippen LogP contribution in [0.2, 0.25) is 0 Å². The molecule has 0 aliphatic rings. The summed E-state index contributed by atoms with van der Waals surface area (Å²) in [7, 11) is 0. The van der Waals surface area contributed by atoms with Crippen molar-refractivity contribution in [1.82, 2.24) is 18.9 Å². The quantitative estimate of drug-likeness (QED) is 0.218. The molecule has 0 aliphatic heterocycles. The summed E-state index contributed by atoms with van der Waals surface area (Å²) in [5.74, 6) is 0. The molecule has 0 radical (unpaired) electrons. The number of hydrogen-bond donors (Lipinski definition) is 0. The van der Waals surface area contributed by atoms with E-state index in [9.17, 15) is 0 Å². The highest BCUT2D eigenvalue weighted by Crippen LogP contribution is 2.41. The zero-order chi connectivity index (χ0) is 26.2. The number of nitrogens with zero attached hydrogens (tertiary/aromatic N) is 4. The second kappa shape index (κ2) is 8.01. The molecular formula is C36H22N4. The zero-order valence-electron chi connectivity index (χ0n) is 21.5. The highest BCUT2D eigenvalue weighted by Gasteiger charge is 2.20. The van der Waals surface area contributed by atoms with Crippen LogP contribution in [0.25, 0.3) is 77.1 Å². The van der Waals surface area contributed by atoms with Gasteiger partial charge in [-0.2, -0.15) is 0 Å². The number of aromatic nitrogens is 4. The van der Waals surface area contributed by atoms with E-state index in [1.54, 1.807) is 0 Å². The van der Waals surface area contributed by atoms with E-state index in [1.807, 2.05) is 18.3 Å². The maximum absolute atomic E-state index is 5.09. The summed E-state index contributed by atoms with van der Waals surface area (Å²) >= 11 is 0. The Morgan fingerprint density at radius 3 is 2.17 bits per heavy atom. The van der Waals surface area contributed by atoms with Crippen LogP contribution in [0.15, 0.2) is 134 Å². The van der Waals surface area contributed by atoms with Crippen molar-refractivity contribution in [1.29, 1.82) is 0 Å². The number of hydrogen-bond acceptors (Lipinski definition) is 2. The SMILES string of the molecule is c1ccc(-c2cccc(-n3c4ccccc4c4ccc5c(c6ccccc6c6nc7ccccc7n56)c43)c2)nc1. The monoisotopic (exact) mass is 510 g/mol. The van der Waals surface area contributed by atoms with Gasteiger partial charge in [-0.3, -0.25) is 9.38 Å². The largest absolute Gasteiger partial charge is 0.309 e. The second-order valence-corrected chi connectivity index (χ2v) is 10.3. The van der Waals surface area contributed by atoms with Crippen molar-refractivity contribution < 1.29 is 0 Å². The number of fused-ring (bicyclic) bond motifs is 12. The Hall–Kier alpha value is -5.48. The lowest BCUT2D eigenvalue weighted by Crippen LogP contribution is -1.98. The summed E-state index contributed by atoms with van der Waals surface area (Å²) in [6, 6.07) is 45.1. The number of imidazole rings is 1. The third kappa shape index (κ3) is 2.85. The lowest BCUT2D eigenvalue weighted by Gasteiger charge is -2.14. The van der Waals surface area contributed by atoms with Crippen LogP contribution in [0, 0.1) is 0 Å². The van der Waals surface area contributed by atoms with Crippen LogP contribution in [0.5, 0.6) is 0 Å². The molecule has 9 rings (SSSR count). The molecule has 0 amide bonds. The molecular weight excluding hydrogens is 488 g/mol. The number of pyridine rings is 2. The topological polar surface area (TPSA) is 35.1 Å². The molecule has 5 aromatic carbocycles. The molecule has 0 unspecified atom stereocenters. The van der Waals surface area contributed by atoms with Gasteiger partial charge in [0.15, 0.2) is 0 Å². The van der Waals surface area contributed by atoms with Crippen LogP contribution in [-0.4, -0.2) is 18.9 Å². The van der Waals surface area contributed by atoms with Gasteiger partial charge >= 0.3 is 0 Å². The first kappa shape index (κ1) is 21.5.